The van der Waals surface area contributed by atoms with E-state index in [1.165, 1.54) is 0 Å². The highest BCUT2D eigenvalue weighted by Gasteiger charge is 2.30. The molecular weight excluding hydrogens is 419 g/mol. The van der Waals surface area contributed by atoms with Crippen LogP contribution in [0.4, 0.5) is 5.69 Å². The summed E-state index contributed by atoms with van der Waals surface area (Å²) in [5.41, 5.74) is 8.95. The van der Waals surface area contributed by atoms with E-state index in [4.69, 9.17) is 15.2 Å². The van der Waals surface area contributed by atoms with Crippen LogP contribution in [0.15, 0.2) is 36.4 Å². The number of halogens is 1. The first kappa shape index (κ1) is 17.0. The molecule has 0 saturated heterocycles. The van der Waals surface area contributed by atoms with Crippen LogP contribution in [0.3, 0.4) is 0 Å². The van der Waals surface area contributed by atoms with Crippen LogP contribution in [0, 0.1) is 3.57 Å². The van der Waals surface area contributed by atoms with Gasteiger partial charge in [-0.1, -0.05) is 12.1 Å². The Labute approximate surface area is 154 Å². The molecule has 2 aromatic rings. The largest absolute Gasteiger partial charge is 0.493 e. The van der Waals surface area contributed by atoms with Crippen LogP contribution in [-0.2, 0) is 11.2 Å². The number of carbonyl (C=O) groups excluding carboxylic acids is 1. The van der Waals surface area contributed by atoms with Crippen molar-refractivity contribution in [3.05, 3.63) is 51.1 Å². The highest BCUT2D eigenvalue weighted by Crippen LogP contribution is 2.39. The Balaban J connectivity index is 1.91. The zero-order valence-corrected chi connectivity index (χ0v) is 15.7. The predicted octanol–water partition coefficient (Wildman–Crippen LogP) is 2.90. The fourth-order valence-electron chi connectivity index (χ4n) is 2.95. The number of anilines is 1. The van der Waals surface area contributed by atoms with E-state index in [1.54, 1.807) is 19.1 Å². The van der Waals surface area contributed by atoms with E-state index in [0.29, 0.717) is 18.0 Å². The van der Waals surface area contributed by atoms with E-state index in [1.807, 2.05) is 36.4 Å². The molecule has 1 unspecified atom stereocenters. The Hall–Kier alpha value is -1.80. The fraction of sp³-hybridized carbons (Fsp3) is 0.278. The van der Waals surface area contributed by atoms with Gasteiger partial charge in [-0.15, -0.1) is 0 Å². The first-order chi connectivity index (χ1) is 11.5. The monoisotopic (exact) mass is 438 g/mol. The molecule has 24 heavy (non-hydrogen) atoms. The lowest BCUT2D eigenvalue weighted by Crippen LogP contribution is -2.37. The molecule has 2 aromatic carbocycles. The summed E-state index contributed by atoms with van der Waals surface area (Å²) < 4.78 is 11.7. The number of rotatable bonds is 4. The Morgan fingerprint density at radius 3 is 2.58 bits per heavy atom. The summed E-state index contributed by atoms with van der Waals surface area (Å²) >= 11 is 2.22. The standard InChI is InChI=1S/C18H19IN2O3/c1-23-15-9-11-6-7-21(14(11)10-16(15)24-2)18(22)17(20)12-4-3-5-13(19)8-12/h3-5,8-10,17H,6-7,20H2,1-2H3. The quantitative estimate of drug-likeness (QED) is 0.746. The molecule has 1 amide bonds. The summed E-state index contributed by atoms with van der Waals surface area (Å²) in [7, 11) is 3.19. The van der Waals surface area contributed by atoms with E-state index in [9.17, 15) is 4.79 Å². The summed E-state index contributed by atoms with van der Waals surface area (Å²) in [6.07, 6.45) is 0.778. The van der Waals surface area contributed by atoms with E-state index in [-0.39, 0.29) is 5.91 Å². The number of amides is 1. The van der Waals surface area contributed by atoms with Gasteiger partial charge in [0.15, 0.2) is 11.5 Å². The molecule has 126 valence electrons. The molecule has 0 fully saturated rings. The first-order valence-corrected chi connectivity index (χ1v) is 8.70. The number of fused-ring (bicyclic) bond motifs is 1. The van der Waals surface area contributed by atoms with Gasteiger partial charge in [-0.05, 0) is 58.3 Å². The van der Waals surface area contributed by atoms with Crippen LogP contribution in [0.1, 0.15) is 17.2 Å². The Kier molecular flexibility index (Phi) is 4.96. The van der Waals surface area contributed by atoms with Crippen molar-refractivity contribution in [2.75, 3.05) is 25.7 Å². The second-order valence-electron chi connectivity index (χ2n) is 5.61. The molecule has 0 spiro atoms. The van der Waals surface area contributed by atoms with Crippen molar-refractivity contribution < 1.29 is 14.3 Å². The number of hydrogen-bond donors (Lipinski definition) is 1. The third-order valence-corrected chi connectivity index (χ3v) is 4.89. The Morgan fingerprint density at radius 2 is 1.92 bits per heavy atom. The molecule has 0 saturated carbocycles. The van der Waals surface area contributed by atoms with Gasteiger partial charge >= 0.3 is 0 Å². The van der Waals surface area contributed by atoms with Gasteiger partial charge in [0.25, 0.3) is 0 Å². The number of ether oxygens (including phenoxy) is 2. The number of carbonyl (C=O) groups is 1. The molecule has 0 aliphatic carbocycles. The number of methoxy groups -OCH3 is 2. The zero-order valence-electron chi connectivity index (χ0n) is 13.6. The lowest BCUT2D eigenvalue weighted by Gasteiger charge is -2.22. The van der Waals surface area contributed by atoms with Crippen LogP contribution in [0.25, 0.3) is 0 Å². The molecule has 0 bridgehead atoms. The highest BCUT2D eigenvalue weighted by molar-refractivity contribution is 14.1. The fourth-order valence-corrected chi connectivity index (χ4v) is 3.52. The third kappa shape index (κ3) is 3.08. The average molecular weight is 438 g/mol. The minimum atomic E-state index is -0.682. The van der Waals surface area contributed by atoms with E-state index in [2.05, 4.69) is 22.6 Å². The Bertz CT molecular complexity index is 779. The van der Waals surface area contributed by atoms with Crippen LogP contribution < -0.4 is 20.1 Å². The lowest BCUT2D eigenvalue weighted by molar-refractivity contribution is -0.119. The predicted molar refractivity (Wildman–Crippen MR) is 102 cm³/mol. The molecule has 0 radical (unpaired) electrons. The van der Waals surface area contributed by atoms with Gasteiger partial charge in [0.2, 0.25) is 5.91 Å². The van der Waals surface area contributed by atoms with Crippen molar-refractivity contribution in [1.29, 1.82) is 0 Å². The second-order valence-corrected chi connectivity index (χ2v) is 6.85. The topological polar surface area (TPSA) is 64.8 Å². The van der Waals surface area contributed by atoms with E-state index < -0.39 is 6.04 Å². The molecule has 0 aromatic heterocycles. The van der Waals surface area contributed by atoms with Crippen molar-refractivity contribution in [3.8, 4) is 11.5 Å². The van der Waals surface area contributed by atoms with E-state index in [0.717, 1.165) is 26.8 Å². The van der Waals surface area contributed by atoms with Crippen molar-refractivity contribution in [1.82, 2.24) is 0 Å². The SMILES string of the molecule is COc1cc2c(cc1OC)N(C(=O)C(N)c1cccc(I)c1)CC2. The lowest BCUT2D eigenvalue weighted by atomic mass is 10.1. The van der Waals surface area contributed by atoms with Crippen molar-refractivity contribution in [2.24, 2.45) is 5.73 Å². The number of nitrogens with zero attached hydrogens (tertiary/aromatic N) is 1. The Morgan fingerprint density at radius 1 is 1.21 bits per heavy atom. The first-order valence-electron chi connectivity index (χ1n) is 7.62. The summed E-state index contributed by atoms with van der Waals surface area (Å²) in [6, 6.07) is 10.8. The van der Waals surface area contributed by atoms with E-state index >= 15 is 0 Å². The summed E-state index contributed by atoms with van der Waals surface area (Å²) in [5, 5.41) is 0. The average Bonchev–Trinajstić information content (AvgIpc) is 3.01. The summed E-state index contributed by atoms with van der Waals surface area (Å²) in [6.45, 7) is 0.613. The van der Waals surface area contributed by atoms with Gasteiger partial charge in [0.1, 0.15) is 6.04 Å². The van der Waals surface area contributed by atoms with Gasteiger partial charge in [0.05, 0.1) is 19.9 Å². The minimum Gasteiger partial charge on any atom is -0.493 e. The summed E-state index contributed by atoms with van der Waals surface area (Å²) in [4.78, 5) is 14.6. The molecule has 3 rings (SSSR count). The maximum absolute atomic E-state index is 12.9. The number of hydrogen-bond acceptors (Lipinski definition) is 4. The van der Waals surface area contributed by atoms with Crippen LogP contribution in [-0.4, -0.2) is 26.7 Å². The number of nitrogens with two attached hydrogens (primary N) is 1. The minimum absolute atomic E-state index is 0.108. The smallest absolute Gasteiger partial charge is 0.248 e. The zero-order chi connectivity index (χ0) is 17.3. The molecule has 5 nitrogen and oxygen atoms in total. The van der Waals surface area contributed by atoms with Crippen LogP contribution in [0.2, 0.25) is 0 Å². The second kappa shape index (κ2) is 6.98. The normalized spacial score (nSPS) is 14.2. The maximum atomic E-state index is 12.9. The molecule has 1 heterocycles. The highest BCUT2D eigenvalue weighted by atomic mass is 127. The summed E-state index contributed by atoms with van der Waals surface area (Å²) in [5.74, 6) is 1.18. The molecule has 1 aliphatic heterocycles. The van der Waals surface area contributed by atoms with Crippen molar-refractivity contribution in [3.63, 3.8) is 0 Å². The van der Waals surface area contributed by atoms with Gasteiger partial charge in [0, 0.05) is 16.2 Å². The van der Waals surface area contributed by atoms with Crippen molar-refractivity contribution >= 4 is 34.2 Å². The van der Waals surface area contributed by atoms with Gasteiger partial charge in [-0.2, -0.15) is 0 Å². The van der Waals surface area contributed by atoms with Gasteiger partial charge in [-0.25, -0.2) is 0 Å². The molecule has 1 aliphatic rings. The van der Waals surface area contributed by atoms with Gasteiger partial charge < -0.3 is 20.1 Å². The molecule has 2 N–H and O–H groups in total. The molecule has 6 heteroatoms. The van der Waals surface area contributed by atoms with Crippen molar-refractivity contribution in [2.45, 2.75) is 12.5 Å². The van der Waals surface area contributed by atoms with Gasteiger partial charge in [-0.3, -0.25) is 4.79 Å². The van der Waals surface area contributed by atoms with Crippen LogP contribution in [0.5, 0.6) is 11.5 Å². The maximum Gasteiger partial charge on any atom is 0.248 e. The number of benzene rings is 2. The van der Waals surface area contributed by atoms with Crippen LogP contribution >= 0.6 is 22.6 Å². The molecular formula is C18H19IN2O3. The third-order valence-electron chi connectivity index (χ3n) is 4.22. The molecule has 1 atom stereocenters.